The summed E-state index contributed by atoms with van der Waals surface area (Å²) in [6.07, 6.45) is 0.0839. The topological polar surface area (TPSA) is 80.2 Å². The van der Waals surface area contributed by atoms with Crippen molar-refractivity contribution in [1.29, 1.82) is 0 Å². The van der Waals surface area contributed by atoms with Gasteiger partial charge in [-0.3, -0.25) is 14.5 Å². The van der Waals surface area contributed by atoms with E-state index in [-0.39, 0.29) is 18.2 Å². The van der Waals surface area contributed by atoms with Crippen molar-refractivity contribution in [3.05, 3.63) is 47.5 Å². The molecular weight excluding hydrogens is 426 g/mol. The number of carbonyl (C=O) groups excluding carboxylic acids is 2. The summed E-state index contributed by atoms with van der Waals surface area (Å²) in [4.78, 5) is 31.2. The van der Waals surface area contributed by atoms with Gasteiger partial charge in [0.05, 0.1) is 24.4 Å². The van der Waals surface area contributed by atoms with Crippen LogP contribution in [0.1, 0.15) is 13.3 Å². The standard InChI is InChI=1S/C21H22ClN3O4S/c1-4-29-15-7-5-6-13(10-15)23-20(27)18-12-19(26)25(2)21(30-18)24-14-8-9-17(28-3)16(22)11-14/h5-11,18H,4,12H2,1-3H3,(H,23,27). The molecule has 0 bridgehead atoms. The molecule has 0 radical (unpaired) electrons. The second kappa shape index (κ2) is 9.86. The highest BCUT2D eigenvalue weighted by molar-refractivity contribution is 8.15. The van der Waals surface area contributed by atoms with Crippen molar-refractivity contribution in [2.45, 2.75) is 18.6 Å². The first-order valence-corrected chi connectivity index (χ1v) is 10.6. The van der Waals surface area contributed by atoms with E-state index in [9.17, 15) is 9.59 Å². The van der Waals surface area contributed by atoms with Gasteiger partial charge in [-0.2, -0.15) is 0 Å². The molecule has 1 N–H and O–H groups in total. The molecule has 1 heterocycles. The van der Waals surface area contributed by atoms with Crippen molar-refractivity contribution in [2.75, 3.05) is 26.1 Å². The number of methoxy groups -OCH3 is 1. The van der Waals surface area contributed by atoms with Gasteiger partial charge in [-0.1, -0.05) is 29.4 Å². The summed E-state index contributed by atoms with van der Waals surface area (Å²) in [5, 5.41) is 3.09. The van der Waals surface area contributed by atoms with Crippen LogP contribution in [0, 0.1) is 0 Å². The first-order valence-electron chi connectivity index (χ1n) is 9.30. The Hall–Kier alpha value is -2.71. The van der Waals surface area contributed by atoms with Gasteiger partial charge in [0.25, 0.3) is 0 Å². The third-order valence-corrected chi connectivity index (χ3v) is 5.87. The minimum Gasteiger partial charge on any atom is -0.495 e. The molecule has 1 atom stereocenters. The Morgan fingerprint density at radius 2 is 2.13 bits per heavy atom. The molecule has 1 fully saturated rings. The zero-order valence-corrected chi connectivity index (χ0v) is 18.4. The van der Waals surface area contributed by atoms with E-state index in [1.54, 1.807) is 43.4 Å². The number of hydrogen-bond donors (Lipinski definition) is 1. The first kappa shape index (κ1) is 22.0. The van der Waals surface area contributed by atoms with Gasteiger partial charge >= 0.3 is 0 Å². The Kier molecular flexibility index (Phi) is 7.23. The van der Waals surface area contributed by atoms with E-state index in [4.69, 9.17) is 21.1 Å². The fourth-order valence-corrected chi connectivity index (χ4v) is 4.10. The minimum atomic E-state index is -0.600. The fraction of sp³-hybridized carbons (Fsp3) is 0.286. The van der Waals surface area contributed by atoms with E-state index >= 15 is 0 Å². The Morgan fingerprint density at radius 3 is 2.83 bits per heavy atom. The van der Waals surface area contributed by atoms with E-state index in [0.717, 1.165) is 0 Å². The summed E-state index contributed by atoms with van der Waals surface area (Å²) < 4.78 is 10.6. The lowest BCUT2D eigenvalue weighted by atomic mass is 10.2. The van der Waals surface area contributed by atoms with Crippen LogP contribution in [0.2, 0.25) is 5.02 Å². The summed E-state index contributed by atoms with van der Waals surface area (Å²) in [6.45, 7) is 2.43. The summed E-state index contributed by atoms with van der Waals surface area (Å²) >= 11 is 7.39. The van der Waals surface area contributed by atoms with Crippen molar-refractivity contribution in [2.24, 2.45) is 4.99 Å². The highest BCUT2D eigenvalue weighted by atomic mass is 35.5. The van der Waals surface area contributed by atoms with Crippen molar-refractivity contribution in [1.82, 2.24) is 4.90 Å². The van der Waals surface area contributed by atoms with E-state index in [1.807, 2.05) is 13.0 Å². The number of amides is 2. The van der Waals surface area contributed by atoms with Crippen LogP contribution in [0.25, 0.3) is 0 Å². The molecule has 9 heteroatoms. The van der Waals surface area contributed by atoms with Crippen LogP contribution in [0.3, 0.4) is 0 Å². The molecule has 158 valence electrons. The number of nitrogens with zero attached hydrogens (tertiary/aromatic N) is 2. The summed E-state index contributed by atoms with van der Waals surface area (Å²) in [5.41, 5.74) is 1.17. The molecule has 1 aliphatic heterocycles. The van der Waals surface area contributed by atoms with Gasteiger partial charge in [0.15, 0.2) is 5.17 Å². The molecule has 0 spiro atoms. The van der Waals surface area contributed by atoms with Gasteiger partial charge in [-0.15, -0.1) is 0 Å². The van der Waals surface area contributed by atoms with E-state index in [0.29, 0.717) is 39.7 Å². The van der Waals surface area contributed by atoms with Crippen molar-refractivity contribution in [3.8, 4) is 11.5 Å². The lowest BCUT2D eigenvalue weighted by Crippen LogP contribution is -2.43. The molecule has 0 aromatic heterocycles. The molecule has 30 heavy (non-hydrogen) atoms. The quantitative estimate of drug-likeness (QED) is 0.712. The van der Waals surface area contributed by atoms with Crippen molar-refractivity contribution < 1.29 is 19.1 Å². The van der Waals surface area contributed by atoms with E-state index in [2.05, 4.69) is 10.3 Å². The number of ether oxygens (including phenoxy) is 2. The average molecular weight is 448 g/mol. The minimum absolute atomic E-state index is 0.0839. The fourth-order valence-electron chi connectivity index (χ4n) is 2.79. The molecule has 1 aliphatic rings. The molecule has 2 aromatic rings. The van der Waals surface area contributed by atoms with Gasteiger partial charge < -0.3 is 14.8 Å². The number of hydrogen-bond acceptors (Lipinski definition) is 6. The number of halogens is 1. The SMILES string of the molecule is CCOc1cccc(NC(=O)C2CC(=O)N(C)C(=Nc3ccc(OC)c(Cl)c3)S2)c1. The maximum Gasteiger partial charge on any atom is 0.238 e. The van der Waals surface area contributed by atoms with Crippen LogP contribution >= 0.6 is 23.4 Å². The van der Waals surface area contributed by atoms with Crippen LogP contribution < -0.4 is 14.8 Å². The molecule has 1 unspecified atom stereocenters. The Morgan fingerprint density at radius 1 is 1.33 bits per heavy atom. The molecule has 0 aliphatic carbocycles. The zero-order chi connectivity index (χ0) is 21.7. The monoisotopic (exact) mass is 447 g/mol. The molecule has 2 aromatic carbocycles. The maximum absolute atomic E-state index is 12.8. The molecule has 7 nitrogen and oxygen atoms in total. The lowest BCUT2D eigenvalue weighted by Gasteiger charge is -2.28. The number of carbonyl (C=O) groups is 2. The summed E-state index contributed by atoms with van der Waals surface area (Å²) in [6, 6.07) is 12.2. The predicted octanol–water partition coefficient (Wildman–Crippen LogP) is 4.34. The number of thioether (sulfide) groups is 1. The highest BCUT2D eigenvalue weighted by Crippen LogP contribution is 2.32. The van der Waals surface area contributed by atoms with Crippen LogP contribution in [0.4, 0.5) is 11.4 Å². The van der Waals surface area contributed by atoms with E-state index < -0.39 is 5.25 Å². The van der Waals surface area contributed by atoms with Crippen molar-refractivity contribution in [3.63, 3.8) is 0 Å². The average Bonchev–Trinajstić information content (AvgIpc) is 2.72. The first-order chi connectivity index (χ1) is 14.4. The number of nitrogens with one attached hydrogen (secondary N) is 1. The summed E-state index contributed by atoms with van der Waals surface area (Å²) in [7, 11) is 3.17. The molecule has 2 amide bonds. The number of amidine groups is 1. The summed E-state index contributed by atoms with van der Waals surface area (Å²) in [5.74, 6) is 0.750. The third-order valence-electron chi connectivity index (χ3n) is 4.33. The van der Waals surface area contributed by atoms with Gasteiger partial charge in [-0.25, -0.2) is 4.99 Å². The normalized spacial score (nSPS) is 17.7. The zero-order valence-electron chi connectivity index (χ0n) is 16.8. The second-order valence-corrected chi connectivity index (χ2v) is 8.00. The Labute approximate surface area is 184 Å². The smallest absolute Gasteiger partial charge is 0.238 e. The van der Waals surface area contributed by atoms with Crippen LogP contribution in [0.15, 0.2) is 47.5 Å². The Balaban J connectivity index is 1.77. The molecule has 0 saturated carbocycles. The van der Waals surface area contributed by atoms with Gasteiger partial charge in [0, 0.05) is 25.2 Å². The number of aliphatic imine (C=N–C) groups is 1. The van der Waals surface area contributed by atoms with Crippen LogP contribution in [-0.4, -0.2) is 47.9 Å². The van der Waals surface area contributed by atoms with Gasteiger partial charge in [0.1, 0.15) is 16.7 Å². The highest BCUT2D eigenvalue weighted by Gasteiger charge is 2.34. The van der Waals surface area contributed by atoms with Gasteiger partial charge in [-0.05, 0) is 37.3 Å². The van der Waals surface area contributed by atoms with Crippen molar-refractivity contribution >= 4 is 51.7 Å². The third kappa shape index (κ3) is 5.25. The Bertz CT molecular complexity index is 982. The molecule has 1 saturated heterocycles. The van der Waals surface area contributed by atoms with Crippen LogP contribution in [0.5, 0.6) is 11.5 Å². The predicted molar refractivity (Wildman–Crippen MR) is 120 cm³/mol. The molecule has 3 rings (SSSR count). The molecular formula is C21H22ClN3O4S. The van der Waals surface area contributed by atoms with Crippen LogP contribution in [-0.2, 0) is 9.59 Å². The largest absolute Gasteiger partial charge is 0.495 e. The lowest BCUT2D eigenvalue weighted by molar-refractivity contribution is -0.128. The maximum atomic E-state index is 12.8. The number of anilines is 1. The van der Waals surface area contributed by atoms with Gasteiger partial charge in [0.2, 0.25) is 11.8 Å². The number of rotatable bonds is 6. The number of benzene rings is 2. The second-order valence-electron chi connectivity index (χ2n) is 6.43. The van der Waals surface area contributed by atoms with E-state index in [1.165, 1.54) is 23.8 Å².